The van der Waals surface area contributed by atoms with Gasteiger partial charge in [-0.2, -0.15) is 0 Å². The van der Waals surface area contributed by atoms with Gasteiger partial charge in [0.15, 0.2) is 0 Å². The van der Waals surface area contributed by atoms with Gasteiger partial charge in [-0.3, -0.25) is 10.1 Å². The van der Waals surface area contributed by atoms with Gasteiger partial charge in [0.2, 0.25) is 15.9 Å². The summed E-state index contributed by atoms with van der Waals surface area (Å²) in [4.78, 5) is 13.9. The smallest absolute Gasteiger partial charge is 0.242 e. The summed E-state index contributed by atoms with van der Waals surface area (Å²) in [6, 6.07) is 18.7. The van der Waals surface area contributed by atoms with E-state index in [1.165, 1.54) is 20.2 Å². The van der Waals surface area contributed by atoms with Gasteiger partial charge in [-0.25, -0.2) is 12.7 Å². The first-order valence-corrected chi connectivity index (χ1v) is 11.8. The molecule has 0 aliphatic heterocycles. The van der Waals surface area contributed by atoms with E-state index < -0.39 is 10.0 Å². The number of carbonyl (C=O) groups is 1. The zero-order valence-electron chi connectivity index (χ0n) is 17.1. The Morgan fingerprint density at radius 3 is 2.43 bits per heavy atom. The Hall–Kier alpha value is -2.52. The Kier molecular flexibility index (Phi) is 7.04. The third-order valence-corrected chi connectivity index (χ3v) is 7.55. The summed E-state index contributed by atoms with van der Waals surface area (Å²) in [5.74, 6) is -0.246. The second-order valence-corrected chi connectivity index (χ2v) is 10.2. The molecule has 0 bridgehead atoms. The standard InChI is InChI=1S/C22H25N3O3S2/c1-16-11-12-18(14-20(16)30(27,28)25(2)3)24-21(26)15-23-22(19-10-7-13-29-19)17-8-5-4-6-9-17/h4-14,22-23H,15H2,1-3H3,(H,24,26)/t22-/m0/s1. The molecule has 0 unspecified atom stereocenters. The van der Waals surface area contributed by atoms with Gasteiger partial charge in [0, 0.05) is 24.7 Å². The molecule has 1 heterocycles. The van der Waals surface area contributed by atoms with E-state index in [4.69, 9.17) is 0 Å². The summed E-state index contributed by atoms with van der Waals surface area (Å²) in [5.41, 5.74) is 2.14. The lowest BCUT2D eigenvalue weighted by Gasteiger charge is -2.18. The molecule has 0 aliphatic carbocycles. The van der Waals surface area contributed by atoms with Crippen LogP contribution in [0.25, 0.3) is 0 Å². The van der Waals surface area contributed by atoms with Gasteiger partial charge in [-0.05, 0) is 41.6 Å². The van der Waals surface area contributed by atoms with E-state index in [0.29, 0.717) is 11.3 Å². The monoisotopic (exact) mass is 443 g/mol. The average Bonchev–Trinajstić information content (AvgIpc) is 3.24. The van der Waals surface area contributed by atoms with E-state index in [0.717, 1.165) is 14.7 Å². The molecule has 8 heteroatoms. The number of nitrogens with one attached hydrogen (secondary N) is 2. The van der Waals surface area contributed by atoms with Crippen LogP contribution >= 0.6 is 11.3 Å². The molecule has 2 N–H and O–H groups in total. The second-order valence-electron chi connectivity index (χ2n) is 7.06. The number of hydrogen-bond acceptors (Lipinski definition) is 5. The third-order valence-electron chi connectivity index (χ3n) is 4.66. The lowest BCUT2D eigenvalue weighted by Crippen LogP contribution is -2.31. The van der Waals surface area contributed by atoms with Crippen molar-refractivity contribution in [2.45, 2.75) is 17.9 Å². The molecule has 0 saturated heterocycles. The third kappa shape index (κ3) is 5.14. The summed E-state index contributed by atoms with van der Waals surface area (Å²) < 4.78 is 26.2. The molecule has 3 rings (SSSR count). The molecule has 6 nitrogen and oxygen atoms in total. The van der Waals surface area contributed by atoms with Crippen molar-refractivity contribution in [3.63, 3.8) is 0 Å². The number of hydrogen-bond donors (Lipinski definition) is 2. The van der Waals surface area contributed by atoms with Crippen LogP contribution in [0, 0.1) is 6.92 Å². The number of amides is 1. The Bertz CT molecular complexity index is 1100. The quantitative estimate of drug-likeness (QED) is 0.557. The van der Waals surface area contributed by atoms with E-state index in [1.807, 2.05) is 47.8 Å². The number of thiophene rings is 1. The van der Waals surface area contributed by atoms with Crippen molar-refractivity contribution in [2.75, 3.05) is 26.0 Å². The number of rotatable bonds is 8. The second kappa shape index (κ2) is 9.53. The molecule has 1 atom stereocenters. The van der Waals surface area contributed by atoms with Crippen LogP contribution in [-0.2, 0) is 14.8 Å². The molecule has 30 heavy (non-hydrogen) atoms. The van der Waals surface area contributed by atoms with E-state index in [9.17, 15) is 13.2 Å². The summed E-state index contributed by atoms with van der Waals surface area (Å²) in [5, 5.41) is 8.10. The van der Waals surface area contributed by atoms with E-state index in [2.05, 4.69) is 10.6 Å². The van der Waals surface area contributed by atoms with Crippen molar-refractivity contribution >= 4 is 33.0 Å². The molecule has 0 fully saturated rings. The fraction of sp³-hybridized carbons (Fsp3) is 0.227. The first kappa shape index (κ1) is 22.2. The zero-order valence-corrected chi connectivity index (χ0v) is 18.8. The molecule has 0 aliphatic rings. The van der Waals surface area contributed by atoms with Gasteiger partial charge in [0.25, 0.3) is 0 Å². The fourth-order valence-corrected chi connectivity index (χ4v) is 5.01. The van der Waals surface area contributed by atoms with E-state index in [-0.39, 0.29) is 23.4 Å². The van der Waals surface area contributed by atoms with Crippen LogP contribution in [-0.4, -0.2) is 39.3 Å². The maximum absolute atomic E-state index is 12.6. The fourth-order valence-electron chi connectivity index (χ4n) is 3.04. The van der Waals surface area contributed by atoms with Crippen molar-refractivity contribution in [3.8, 4) is 0 Å². The summed E-state index contributed by atoms with van der Waals surface area (Å²) in [6.45, 7) is 1.82. The van der Waals surface area contributed by atoms with Gasteiger partial charge in [-0.15, -0.1) is 11.3 Å². The Balaban J connectivity index is 1.72. The number of carbonyl (C=O) groups excluding carboxylic acids is 1. The van der Waals surface area contributed by atoms with Crippen molar-refractivity contribution in [1.29, 1.82) is 0 Å². The number of sulfonamides is 1. The predicted octanol–water partition coefficient (Wildman–Crippen LogP) is 3.62. The van der Waals surface area contributed by atoms with Crippen molar-refractivity contribution in [2.24, 2.45) is 0 Å². The maximum Gasteiger partial charge on any atom is 0.242 e. The summed E-state index contributed by atoms with van der Waals surface area (Å²) in [6.07, 6.45) is 0. The van der Waals surface area contributed by atoms with Crippen molar-refractivity contribution in [3.05, 3.63) is 82.0 Å². The van der Waals surface area contributed by atoms with Crippen LogP contribution in [0.15, 0.2) is 70.9 Å². The molecule has 1 aromatic heterocycles. The zero-order chi connectivity index (χ0) is 21.7. The van der Waals surface area contributed by atoms with Crippen LogP contribution in [0.4, 0.5) is 5.69 Å². The van der Waals surface area contributed by atoms with Gasteiger partial charge in [-0.1, -0.05) is 42.5 Å². The normalized spacial score (nSPS) is 12.7. The highest BCUT2D eigenvalue weighted by Gasteiger charge is 2.21. The molecule has 0 radical (unpaired) electrons. The lowest BCUT2D eigenvalue weighted by molar-refractivity contribution is -0.115. The number of benzene rings is 2. The van der Waals surface area contributed by atoms with Gasteiger partial charge in [0.1, 0.15) is 0 Å². The first-order valence-electron chi connectivity index (χ1n) is 9.44. The molecule has 0 spiro atoms. The number of anilines is 1. The van der Waals surface area contributed by atoms with Crippen LogP contribution in [0.3, 0.4) is 0 Å². The lowest BCUT2D eigenvalue weighted by atomic mass is 10.1. The Morgan fingerprint density at radius 2 is 1.80 bits per heavy atom. The predicted molar refractivity (Wildman–Crippen MR) is 121 cm³/mol. The average molecular weight is 444 g/mol. The van der Waals surface area contributed by atoms with Crippen LogP contribution in [0.2, 0.25) is 0 Å². The molecule has 0 saturated carbocycles. The van der Waals surface area contributed by atoms with E-state index >= 15 is 0 Å². The van der Waals surface area contributed by atoms with Crippen molar-refractivity contribution < 1.29 is 13.2 Å². The highest BCUT2D eigenvalue weighted by molar-refractivity contribution is 7.89. The van der Waals surface area contributed by atoms with E-state index in [1.54, 1.807) is 30.4 Å². The Morgan fingerprint density at radius 1 is 1.07 bits per heavy atom. The molecule has 1 amide bonds. The highest BCUT2D eigenvalue weighted by Crippen LogP contribution is 2.26. The molecular formula is C22H25N3O3S2. The molecule has 3 aromatic rings. The van der Waals surface area contributed by atoms with Gasteiger partial charge >= 0.3 is 0 Å². The van der Waals surface area contributed by atoms with Crippen molar-refractivity contribution in [1.82, 2.24) is 9.62 Å². The maximum atomic E-state index is 12.6. The SMILES string of the molecule is Cc1ccc(NC(=O)CN[C@@H](c2ccccc2)c2cccs2)cc1S(=O)(=O)N(C)C. The minimum absolute atomic E-state index is 0.0844. The van der Waals surface area contributed by atoms with Gasteiger partial charge < -0.3 is 5.32 Å². The first-order chi connectivity index (χ1) is 14.3. The summed E-state index contributed by atoms with van der Waals surface area (Å²) >= 11 is 1.62. The number of aryl methyl sites for hydroxylation is 1. The topological polar surface area (TPSA) is 78.5 Å². The minimum atomic E-state index is -3.59. The molecule has 158 valence electrons. The largest absolute Gasteiger partial charge is 0.325 e. The number of nitrogens with zero attached hydrogens (tertiary/aromatic N) is 1. The Labute approximate surface area is 181 Å². The molecule has 2 aromatic carbocycles. The molecular weight excluding hydrogens is 418 g/mol. The van der Waals surface area contributed by atoms with Crippen LogP contribution < -0.4 is 10.6 Å². The van der Waals surface area contributed by atoms with Crippen LogP contribution in [0.1, 0.15) is 22.0 Å². The highest BCUT2D eigenvalue weighted by atomic mass is 32.2. The minimum Gasteiger partial charge on any atom is -0.325 e. The van der Waals surface area contributed by atoms with Gasteiger partial charge in [0.05, 0.1) is 17.5 Å². The van der Waals surface area contributed by atoms with Crippen LogP contribution in [0.5, 0.6) is 0 Å². The summed E-state index contributed by atoms with van der Waals surface area (Å²) in [7, 11) is -0.621.